The topological polar surface area (TPSA) is 3.24 Å². The molecule has 0 fully saturated rings. The molecular weight excluding hydrogens is 208 g/mol. The molecule has 0 saturated carbocycles. The molecular formula is C13H15F2N. The quantitative estimate of drug-likeness (QED) is 0.712. The third-order valence-electron chi connectivity index (χ3n) is 2.73. The Morgan fingerprint density at radius 1 is 1.38 bits per heavy atom. The van der Waals surface area contributed by atoms with Crippen molar-refractivity contribution < 1.29 is 8.78 Å². The van der Waals surface area contributed by atoms with Crippen molar-refractivity contribution in [3.8, 4) is 12.3 Å². The summed E-state index contributed by atoms with van der Waals surface area (Å²) >= 11 is 0. The van der Waals surface area contributed by atoms with Crippen molar-refractivity contribution in [2.24, 2.45) is 0 Å². The highest BCUT2D eigenvalue weighted by molar-refractivity contribution is 5.19. The molecule has 0 radical (unpaired) electrons. The molecule has 16 heavy (non-hydrogen) atoms. The van der Waals surface area contributed by atoms with Crippen molar-refractivity contribution in [1.82, 2.24) is 4.90 Å². The highest BCUT2D eigenvalue weighted by Gasteiger charge is 2.21. The van der Waals surface area contributed by atoms with E-state index in [1.54, 1.807) is 0 Å². The van der Waals surface area contributed by atoms with Crippen LogP contribution in [0.5, 0.6) is 0 Å². The molecule has 0 amide bonds. The van der Waals surface area contributed by atoms with E-state index >= 15 is 0 Å². The first-order valence-electron chi connectivity index (χ1n) is 5.00. The average molecular weight is 223 g/mol. The van der Waals surface area contributed by atoms with Crippen molar-refractivity contribution in [3.05, 3.63) is 35.4 Å². The molecule has 0 aromatic heterocycles. The molecule has 0 bridgehead atoms. The molecule has 1 aromatic rings. The molecule has 1 nitrogen and oxygen atoms in total. The van der Waals surface area contributed by atoms with Gasteiger partial charge in [0, 0.05) is 18.2 Å². The lowest BCUT2D eigenvalue weighted by Crippen LogP contribution is -2.39. The van der Waals surface area contributed by atoms with Crippen LogP contribution >= 0.6 is 0 Å². The Morgan fingerprint density at radius 3 is 2.50 bits per heavy atom. The van der Waals surface area contributed by atoms with E-state index in [1.807, 2.05) is 25.8 Å². The largest absolute Gasteiger partial charge is 0.286 e. The molecule has 0 aliphatic heterocycles. The first kappa shape index (κ1) is 12.7. The van der Waals surface area contributed by atoms with Gasteiger partial charge in [0.25, 0.3) is 0 Å². The van der Waals surface area contributed by atoms with Crippen molar-refractivity contribution in [2.45, 2.75) is 25.9 Å². The number of terminal acetylenes is 1. The van der Waals surface area contributed by atoms with Crippen molar-refractivity contribution in [3.63, 3.8) is 0 Å². The Morgan fingerprint density at radius 2 is 2.00 bits per heavy atom. The van der Waals surface area contributed by atoms with Gasteiger partial charge in [-0.1, -0.05) is 12.0 Å². The van der Waals surface area contributed by atoms with E-state index in [0.29, 0.717) is 12.1 Å². The molecule has 0 heterocycles. The first-order chi connectivity index (χ1) is 7.36. The number of hydrogen-bond donors (Lipinski definition) is 0. The summed E-state index contributed by atoms with van der Waals surface area (Å²) in [7, 11) is 1.81. The summed E-state index contributed by atoms with van der Waals surface area (Å²) in [6.45, 7) is 4.09. The Hall–Kier alpha value is -1.40. The van der Waals surface area contributed by atoms with Crippen molar-refractivity contribution in [1.29, 1.82) is 0 Å². The minimum absolute atomic E-state index is 0.351. The highest BCUT2D eigenvalue weighted by Crippen LogP contribution is 2.17. The fraction of sp³-hybridized carbons (Fsp3) is 0.385. The van der Waals surface area contributed by atoms with E-state index in [9.17, 15) is 8.78 Å². The summed E-state index contributed by atoms with van der Waals surface area (Å²) < 4.78 is 26.1. The van der Waals surface area contributed by atoms with Gasteiger partial charge < -0.3 is 0 Å². The van der Waals surface area contributed by atoms with Crippen LogP contribution in [0.15, 0.2) is 18.2 Å². The van der Waals surface area contributed by atoms with Crippen molar-refractivity contribution in [2.75, 3.05) is 7.05 Å². The summed E-state index contributed by atoms with van der Waals surface area (Å²) in [6.07, 6.45) is 5.38. The number of hydrogen-bond acceptors (Lipinski definition) is 1. The number of benzene rings is 1. The van der Waals surface area contributed by atoms with Crippen molar-refractivity contribution >= 4 is 0 Å². The van der Waals surface area contributed by atoms with Crippen LogP contribution in [0.3, 0.4) is 0 Å². The minimum atomic E-state index is -0.569. The molecule has 0 spiro atoms. The molecule has 0 aliphatic carbocycles. The number of rotatable bonds is 3. The van der Waals surface area contributed by atoms with Gasteiger partial charge in [0.15, 0.2) is 0 Å². The lowest BCUT2D eigenvalue weighted by Gasteiger charge is -2.30. The van der Waals surface area contributed by atoms with Gasteiger partial charge in [-0.2, -0.15) is 0 Å². The predicted octanol–water partition coefficient (Wildman–Crippen LogP) is 2.81. The first-order valence-corrected chi connectivity index (χ1v) is 5.00. The highest BCUT2D eigenvalue weighted by atomic mass is 19.1. The summed E-state index contributed by atoms with van der Waals surface area (Å²) in [5.74, 6) is 1.51. The Labute approximate surface area is 95.1 Å². The smallest absolute Gasteiger partial charge is 0.130 e. The zero-order valence-electron chi connectivity index (χ0n) is 9.72. The van der Waals surface area contributed by atoms with Gasteiger partial charge in [-0.05, 0) is 27.0 Å². The van der Waals surface area contributed by atoms with Crippen LogP contribution in [0.1, 0.15) is 19.4 Å². The maximum Gasteiger partial charge on any atom is 0.130 e. The van der Waals surface area contributed by atoms with E-state index in [0.717, 1.165) is 6.07 Å². The Kier molecular flexibility index (Phi) is 3.66. The third kappa shape index (κ3) is 2.80. The van der Waals surface area contributed by atoms with Gasteiger partial charge in [0.2, 0.25) is 0 Å². The standard InChI is InChI=1S/C13H15F2N/c1-5-13(2,3)16(4)9-10-6-7-11(14)8-12(10)15/h1,6-8H,9H2,2-4H3. The normalized spacial score (nSPS) is 11.6. The van der Waals surface area contributed by atoms with Gasteiger partial charge >= 0.3 is 0 Å². The lowest BCUT2D eigenvalue weighted by molar-refractivity contribution is 0.202. The molecule has 0 saturated heterocycles. The molecule has 0 unspecified atom stereocenters. The third-order valence-corrected chi connectivity index (χ3v) is 2.73. The predicted molar refractivity (Wildman–Crippen MR) is 60.7 cm³/mol. The van der Waals surface area contributed by atoms with Gasteiger partial charge in [-0.3, -0.25) is 4.90 Å². The van der Waals surface area contributed by atoms with E-state index in [-0.39, 0.29) is 0 Å². The average Bonchev–Trinajstić information content (AvgIpc) is 2.22. The summed E-state index contributed by atoms with van der Waals surface area (Å²) in [5, 5.41) is 0. The fourth-order valence-electron chi connectivity index (χ4n) is 1.21. The second kappa shape index (κ2) is 4.63. The fourth-order valence-corrected chi connectivity index (χ4v) is 1.21. The zero-order valence-corrected chi connectivity index (χ0v) is 9.72. The lowest BCUT2D eigenvalue weighted by atomic mass is 10.0. The molecule has 86 valence electrons. The molecule has 1 aromatic carbocycles. The maximum atomic E-state index is 13.4. The number of halogens is 2. The monoisotopic (exact) mass is 223 g/mol. The zero-order chi connectivity index (χ0) is 12.3. The van der Waals surface area contributed by atoms with Crippen LogP contribution in [0.2, 0.25) is 0 Å². The van der Waals surface area contributed by atoms with E-state index in [1.165, 1.54) is 12.1 Å². The number of nitrogens with zero attached hydrogens (tertiary/aromatic N) is 1. The molecule has 3 heteroatoms. The summed E-state index contributed by atoms with van der Waals surface area (Å²) in [5.41, 5.74) is -0.0203. The Balaban J connectivity index is 2.86. The van der Waals surface area contributed by atoms with E-state index < -0.39 is 17.2 Å². The second-order valence-corrected chi connectivity index (χ2v) is 4.30. The van der Waals surface area contributed by atoms with Crippen LogP contribution in [0.4, 0.5) is 8.78 Å². The van der Waals surface area contributed by atoms with E-state index in [4.69, 9.17) is 6.42 Å². The van der Waals surface area contributed by atoms with Crippen LogP contribution in [-0.2, 0) is 6.54 Å². The van der Waals surface area contributed by atoms with Crippen LogP contribution in [0, 0.1) is 24.0 Å². The molecule has 0 N–H and O–H groups in total. The van der Waals surface area contributed by atoms with Gasteiger partial charge in [0.1, 0.15) is 11.6 Å². The Bertz CT molecular complexity index is 418. The second-order valence-electron chi connectivity index (χ2n) is 4.30. The van der Waals surface area contributed by atoms with Gasteiger partial charge in [-0.15, -0.1) is 6.42 Å². The molecule has 0 atom stereocenters. The van der Waals surface area contributed by atoms with Crippen LogP contribution in [-0.4, -0.2) is 17.5 Å². The molecule has 0 aliphatic rings. The minimum Gasteiger partial charge on any atom is -0.286 e. The van der Waals surface area contributed by atoms with Gasteiger partial charge in [-0.25, -0.2) is 8.78 Å². The van der Waals surface area contributed by atoms with Crippen LogP contribution in [0.25, 0.3) is 0 Å². The maximum absolute atomic E-state index is 13.4. The summed E-state index contributed by atoms with van der Waals surface area (Å²) in [4.78, 5) is 1.84. The van der Waals surface area contributed by atoms with Gasteiger partial charge in [0.05, 0.1) is 5.54 Å². The summed E-state index contributed by atoms with van der Waals surface area (Å²) in [6, 6.07) is 3.56. The molecule has 1 rings (SSSR count). The SMILES string of the molecule is C#CC(C)(C)N(C)Cc1ccc(F)cc1F. The van der Waals surface area contributed by atoms with E-state index in [2.05, 4.69) is 5.92 Å². The van der Waals surface area contributed by atoms with Crippen LogP contribution < -0.4 is 0 Å².